The lowest BCUT2D eigenvalue weighted by molar-refractivity contribution is 0.0763. The maximum absolute atomic E-state index is 13.1. The zero-order valence-electron chi connectivity index (χ0n) is 17.4. The number of hydrogen-bond donors (Lipinski definition) is 1. The van der Waals surface area contributed by atoms with Gasteiger partial charge in [0.25, 0.3) is 5.91 Å². The van der Waals surface area contributed by atoms with Crippen molar-refractivity contribution < 1.29 is 14.6 Å². The molecule has 0 fully saturated rings. The molecule has 1 amide bonds. The topological polar surface area (TPSA) is 67.6 Å². The highest BCUT2D eigenvalue weighted by molar-refractivity contribution is 6.01. The fraction of sp³-hybridized carbons (Fsp3) is 0.391. The van der Waals surface area contributed by atoms with Gasteiger partial charge in [-0.2, -0.15) is 0 Å². The van der Waals surface area contributed by atoms with Crippen molar-refractivity contribution in [2.45, 2.75) is 32.8 Å². The van der Waals surface area contributed by atoms with Gasteiger partial charge in [0.2, 0.25) is 0 Å². The SMILES string of the molecule is Cc1ccccc1[C@@H]1CCc2c(C(=O)N(C)CCO)cc3c(nc(C)n3C)c2O1. The van der Waals surface area contributed by atoms with Crippen LogP contribution in [0.25, 0.3) is 11.0 Å². The van der Waals surface area contributed by atoms with E-state index in [1.165, 1.54) is 11.1 Å². The average Bonchev–Trinajstić information content (AvgIpc) is 3.01. The Morgan fingerprint density at radius 3 is 2.83 bits per heavy atom. The van der Waals surface area contributed by atoms with Crippen LogP contribution in [0.4, 0.5) is 0 Å². The summed E-state index contributed by atoms with van der Waals surface area (Å²) in [4.78, 5) is 19.4. The van der Waals surface area contributed by atoms with Crippen LogP contribution in [0.2, 0.25) is 0 Å². The standard InChI is InChI=1S/C23H27N3O3/c1-14-7-5-6-8-16(14)20-10-9-17-18(23(28)25(3)11-12-27)13-19-21(22(17)29-20)24-15(2)26(19)4/h5-8,13,20,27H,9-12H2,1-4H3/t20-/m0/s1. The Labute approximate surface area is 170 Å². The van der Waals surface area contributed by atoms with E-state index < -0.39 is 0 Å². The maximum Gasteiger partial charge on any atom is 0.254 e. The van der Waals surface area contributed by atoms with Crippen molar-refractivity contribution in [3.05, 3.63) is 58.4 Å². The van der Waals surface area contributed by atoms with Crippen molar-refractivity contribution >= 4 is 16.9 Å². The molecule has 2 heterocycles. The van der Waals surface area contributed by atoms with E-state index in [1.807, 2.05) is 36.7 Å². The number of amides is 1. The van der Waals surface area contributed by atoms with Gasteiger partial charge < -0.3 is 19.3 Å². The van der Waals surface area contributed by atoms with Gasteiger partial charge in [-0.05, 0) is 43.9 Å². The van der Waals surface area contributed by atoms with Crippen LogP contribution in [0.15, 0.2) is 30.3 Å². The zero-order valence-corrected chi connectivity index (χ0v) is 17.4. The van der Waals surface area contributed by atoms with E-state index in [0.717, 1.165) is 35.3 Å². The van der Waals surface area contributed by atoms with E-state index in [4.69, 9.17) is 9.72 Å². The minimum atomic E-state index is -0.103. The molecule has 0 saturated carbocycles. The first-order chi connectivity index (χ1) is 13.9. The number of fused-ring (bicyclic) bond motifs is 3. The summed E-state index contributed by atoms with van der Waals surface area (Å²) in [5, 5.41) is 9.24. The number of aliphatic hydroxyl groups excluding tert-OH is 1. The molecule has 0 unspecified atom stereocenters. The fourth-order valence-electron chi connectivity index (χ4n) is 4.12. The molecule has 1 aromatic heterocycles. The fourth-order valence-corrected chi connectivity index (χ4v) is 4.12. The molecule has 0 radical (unpaired) electrons. The second kappa shape index (κ2) is 7.52. The van der Waals surface area contributed by atoms with Gasteiger partial charge in [-0.15, -0.1) is 0 Å². The maximum atomic E-state index is 13.1. The van der Waals surface area contributed by atoms with Crippen LogP contribution in [0, 0.1) is 13.8 Å². The van der Waals surface area contributed by atoms with Crippen LogP contribution in [-0.2, 0) is 13.5 Å². The van der Waals surface area contributed by atoms with Gasteiger partial charge in [0.05, 0.1) is 12.1 Å². The van der Waals surface area contributed by atoms with E-state index >= 15 is 0 Å². The van der Waals surface area contributed by atoms with Gasteiger partial charge in [0, 0.05) is 31.8 Å². The third-order valence-electron chi connectivity index (χ3n) is 5.92. The molecule has 3 aromatic rings. The molecule has 152 valence electrons. The van der Waals surface area contributed by atoms with Crippen LogP contribution >= 0.6 is 0 Å². The molecule has 4 rings (SSSR count). The second-order valence-electron chi connectivity index (χ2n) is 7.77. The molecule has 1 aliphatic rings. The molecule has 0 spiro atoms. The number of carbonyl (C=O) groups excluding carboxylic acids is 1. The highest BCUT2D eigenvalue weighted by Crippen LogP contribution is 2.42. The van der Waals surface area contributed by atoms with Crippen LogP contribution in [-0.4, -0.2) is 45.7 Å². The number of rotatable bonds is 4. The van der Waals surface area contributed by atoms with Crippen LogP contribution < -0.4 is 4.74 Å². The Bertz CT molecular complexity index is 1090. The van der Waals surface area contributed by atoms with Crippen molar-refractivity contribution in [2.75, 3.05) is 20.2 Å². The Kier molecular flexibility index (Phi) is 5.04. The van der Waals surface area contributed by atoms with Crippen LogP contribution in [0.5, 0.6) is 5.75 Å². The summed E-state index contributed by atoms with van der Waals surface area (Å²) in [5.74, 6) is 1.48. The third-order valence-corrected chi connectivity index (χ3v) is 5.92. The average molecular weight is 393 g/mol. The van der Waals surface area contributed by atoms with E-state index in [9.17, 15) is 9.90 Å². The van der Waals surface area contributed by atoms with Gasteiger partial charge in [-0.25, -0.2) is 4.98 Å². The first kappa shape index (κ1) is 19.5. The predicted octanol–water partition coefficient (Wildman–Crippen LogP) is 3.32. The summed E-state index contributed by atoms with van der Waals surface area (Å²) >= 11 is 0. The number of benzene rings is 2. The molecule has 6 heteroatoms. The first-order valence-electron chi connectivity index (χ1n) is 9.99. The van der Waals surface area contributed by atoms with E-state index in [-0.39, 0.29) is 18.6 Å². The Morgan fingerprint density at radius 2 is 2.10 bits per heavy atom. The largest absolute Gasteiger partial charge is 0.483 e. The lowest BCUT2D eigenvalue weighted by Gasteiger charge is -2.29. The first-order valence-corrected chi connectivity index (χ1v) is 9.99. The molecule has 1 aliphatic heterocycles. The molecule has 0 aliphatic carbocycles. The van der Waals surface area contributed by atoms with Crippen LogP contribution in [0.1, 0.15) is 45.4 Å². The summed E-state index contributed by atoms with van der Waals surface area (Å²) in [7, 11) is 3.66. The summed E-state index contributed by atoms with van der Waals surface area (Å²) in [6.07, 6.45) is 1.49. The summed E-state index contributed by atoms with van der Waals surface area (Å²) < 4.78 is 8.50. The number of aliphatic hydroxyl groups is 1. The van der Waals surface area contributed by atoms with Gasteiger partial charge in [0.1, 0.15) is 17.4 Å². The number of carbonyl (C=O) groups is 1. The minimum Gasteiger partial charge on any atom is -0.483 e. The van der Waals surface area contributed by atoms with Gasteiger partial charge >= 0.3 is 0 Å². The normalized spacial score (nSPS) is 15.8. The molecule has 6 nitrogen and oxygen atoms in total. The third kappa shape index (κ3) is 3.27. The number of aryl methyl sites for hydroxylation is 3. The highest BCUT2D eigenvalue weighted by atomic mass is 16.5. The molecular weight excluding hydrogens is 366 g/mol. The highest BCUT2D eigenvalue weighted by Gasteiger charge is 2.30. The van der Waals surface area contributed by atoms with Crippen molar-refractivity contribution in [1.29, 1.82) is 0 Å². The molecule has 2 aromatic carbocycles. The Balaban J connectivity index is 1.86. The van der Waals surface area contributed by atoms with Crippen molar-refractivity contribution in [1.82, 2.24) is 14.5 Å². The number of aromatic nitrogens is 2. The molecule has 0 bridgehead atoms. The quantitative estimate of drug-likeness (QED) is 0.738. The molecule has 29 heavy (non-hydrogen) atoms. The second-order valence-corrected chi connectivity index (χ2v) is 7.77. The number of hydrogen-bond acceptors (Lipinski definition) is 4. The number of ether oxygens (including phenoxy) is 1. The van der Waals surface area contributed by atoms with E-state index in [0.29, 0.717) is 17.9 Å². The zero-order chi connectivity index (χ0) is 20.7. The van der Waals surface area contributed by atoms with E-state index in [2.05, 4.69) is 19.1 Å². The van der Waals surface area contributed by atoms with Gasteiger partial charge in [0.15, 0.2) is 5.75 Å². The number of imidazole rings is 1. The van der Waals surface area contributed by atoms with Crippen molar-refractivity contribution in [3.63, 3.8) is 0 Å². The summed E-state index contributed by atoms with van der Waals surface area (Å²) in [5.41, 5.74) is 5.61. The molecule has 0 saturated heterocycles. The summed E-state index contributed by atoms with van der Waals surface area (Å²) in [6, 6.07) is 10.2. The lowest BCUT2D eigenvalue weighted by atomic mass is 9.91. The Hall–Kier alpha value is -2.86. The monoisotopic (exact) mass is 393 g/mol. The molecule has 1 N–H and O–H groups in total. The van der Waals surface area contributed by atoms with Crippen LogP contribution in [0.3, 0.4) is 0 Å². The van der Waals surface area contributed by atoms with Gasteiger partial charge in [-0.3, -0.25) is 4.79 Å². The lowest BCUT2D eigenvalue weighted by Crippen LogP contribution is -2.31. The minimum absolute atomic E-state index is 0.0604. The predicted molar refractivity (Wildman–Crippen MR) is 112 cm³/mol. The summed E-state index contributed by atoms with van der Waals surface area (Å²) in [6.45, 7) is 4.28. The van der Waals surface area contributed by atoms with Crippen molar-refractivity contribution in [2.24, 2.45) is 7.05 Å². The van der Waals surface area contributed by atoms with E-state index in [1.54, 1.807) is 11.9 Å². The van der Waals surface area contributed by atoms with Crippen molar-refractivity contribution in [3.8, 4) is 5.75 Å². The number of nitrogens with zero attached hydrogens (tertiary/aromatic N) is 3. The molecular formula is C23H27N3O3. The smallest absolute Gasteiger partial charge is 0.254 e. The molecule has 1 atom stereocenters. The Morgan fingerprint density at radius 1 is 1.34 bits per heavy atom. The van der Waals surface area contributed by atoms with Gasteiger partial charge in [-0.1, -0.05) is 24.3 Å². The number of likely N-dealkylation sites (N-methyl/N-ethyl adjacent to an activating group) is 1.